The molecule has 0 bridgehead atoms. The monoisotopic (exact) mass is 309 g/mol. The van der Waals surface area contributed by atoms with Crippen LogP contribution in [0.4, 0.5) is 0 Å². The molecule has 0 aliphatic carbocycles. The lowest BCUT2D eigenvalue weighted by Crippen LogP contribution is -2.25. The van der Waals surface area contributed by atoms with E-state index in [4.69, 9.17) is 4.74 Å². The Balaban J connectivity index is 2.06. The third kappa shape index (κ3) is 4.71. The van der Waals surface area contributed by atoms with Gasteiger partial charge in [0, 0.05) is 11.6 Å². The standard InChI is InChI=1S/C20H23NO2/c1-14-6-5-7-17(12-14)9-11-20(22)21-16(3)18-13-15(2)8-10-19(18)23-4/h5-13,16H,1-4H3,(H,21,22)/b11-9+/t16-/m0/s1. The molecule has 23 heavy (non-hydrogen) atoms. The number of amides is 1. The Morgan fingerprint density at radius 3 is 2.57 bits per heavy atom. The van der Waals surface area contributed by atoms with Gasteiger partial charge in [0.1, 0.15) is 5.75 Å². The van der Waals surface area contributed by atoms with Crippen LogP contribution in [0.1, 0.15) is 35.2 Å². The van der Waals surface area contributed by atoms with Crippen molar-refractivity contribution >= 4 is 12.0 Å². The number of rotatable bonds is 5. The van der Waals surface area contributed by atoms with Gasteiger partial charge in [-0.25, -0.2) is 0 Å². The van der Waals surface area contributed by atoms with E-state index in [2.05, 4.69) is 5.32 Å². The van der Waals surface area contributed by atoms with E-state index in [1.54, 1.807) is 13.2 Å². The summed E-state index contributed by atoms with van der Waals surface area (Å²) >= 11 is 0. The number of carbonyl (C=O) groups is 1. The van der Waals surface area contributed by atoms with E-state index in [-0.39, 0.29) is 11.9 Å². The van der Waals surface area contributed by atoms with Crippen LogP contribution in [0.3, 0.4) is 0 Å². The van der Waals surface area contributed by atoms with Crippen molar-refractivity contribution in [2.24, 2.45) is 0 Å². The van der Waals surface area contributed by atoms with Gasteiger partial charge in [0.15, 0.2) is 0 Å². The first-order valence-corrected chi connectivity index (χ1v) is 7.69. The first kappa shape index (κ1) is 16.8. The number of benzene rings is 2. The zero-order valence-electron chi connectivity index (χ0n) is 14.1. The predicted molar refractivity (Wildman–Crippen MR) is 94.5 cm³/mol. The fourth-order valence-electron chi connectivity index (χ4n) is 2.48. The zero-order chi connectivity index (χ0) is 16.8. The molecule has 120 valence electrons. The van der Waals surface area contributed by atoms with E-state index in [0.717, 1.165) is 22.4 Å². The largest absolute Gasteiger partial charge is 0.496 e. The van der Waals surface area contributed by atoms with Crippen LogP contribution in [0.25, 0.3) is 6.08 Å². The predicted octanol–water partition coefficient (Wildman–Crippen LogP) is 4.20. The Hall–Kier alpha value is -2.55. The van der Waals surface area contributed by atoms with Crippen molar-refractivity contribution in [3.05, 3.63) is 70.8 Å². The zero-order valence-corrected chi connectivity index (χ0v) is 14.1. The van der Waals surface area contributed by atoms with Crippen LogP contribution in [0.15, 0.2) is 48.5 Å². The molecule has 0 radical (unpaired) electrons. The molecule has 1 amide bonds. The smallest absolute Gasteiger partial charge is 0.244 e. The second kappa shape index (κ2) is 7.63. The van der Waals surface area contributed by atoms with Gasteiger partial charge in [-0.15, -0.1) is 0 Å². The lowest BCUT2D eigenvalue weighted by atomic mass is 10.0. The molecule has 0 aromatic heterocycles. The summed E-state index contributed by atoms with van der Waals surface area (Å²) in [6, 6.07) is 13.9. The van der Waals surface area contributed by atoms with Gasteiger partial charge >= 0.3 is 0 Å². The van der Waals surface area contributed by atoms with Gasteiger partial charge in [0.05, 0.1) is 13.2 Å². The molecular formula is C20H23NO2. The minimum Gasteiger partial charge on any atom is -0.496 e. The van der Waals surface area contributed by atoms with Crippen molar-refractivity contribution in [2.45, 2.75) is 26.8 Å². The highest BCUT2D eigenvalue weighted by molar-refractivity contribution is 5.92. The van der Waals surface area contributed by atoms with Crippen LogP contribution in [-0.4, -0.2) is 13.0 Å². The Morgan fingerprint density at radius 2 is 1.87 bits per heavy atom. The average Bonchev–Trinajstić information content (AvgIpc) is 2.53. The normalized spacial score (nSPS) is 12.2. The molecule has 3 heteroatoms. The number of hydrogen-bond donors (Lipinski definition) is 1. The highest BCUT2D eigenvalue weighted by Gasteiger charge is 2.13. The molecule has 1 N–H and O–H groups in total. The van der Waals surface area contributed by atoms with Gasteiger partial charge in [-0.3, -0.25) is 4.79 Å². The van der Waals surface area contributed by atoms with E-state index in [1.807, 2.05) is 69.3 Å². The molecule has 0 aliphatic rings. The number of carbonyl (C=O) groups excluding carboxylic acids is 1. The molecule has 0 saturated carbocycles. The molecule has 0 unspecified atom stereocenters. The molecule has 0 fully saturated rings. The maximum Gasteiger partial charge on any atom is 0.244 e. The lowest BCUT2D eigenvalue weighted by molar-refractivity contribution is -0.117. The minimum atomic E-state index is -0.125. The fourth-order valence-corrected chi connectivity index (χ4v) is 2.48. The van der Waals surface area contributed by atoms with E-state index in [1.165, 1.54) is 5.56 Å². The molecule has 2 aromatic rings. The second-order valence-electron chi connectivity index (χ2n) is 5.72. The van der Waals surface area contributed by atoms with Crippen molar-refractivity contribution in [3.63, 3.8) is 0 Å². The molecule has 0 spiro atoms. The minimum absolute atomic E-state index is 0.123. The van der Waals surface area contributed by atoms with Gasteiger partial charge in [-0.05, 0) is 38.5 Å². The van der Waals surface area contributed by atoms with Crippen LogP contribution >= 0.6 is 0 Å². The van der Waals surface area contributed by atoms with E-state index >= 15 is 0 Å². The summed E-state index contributed by atoms with van der Waals surface area (Å²) < 4.78 is 5.38. The first-order valence-electron chi connectivity index (χ1n) is 7.69. The van der Waals surface area contributed by atoms with Gasteiger partial charge in [0.2, 0.25) is 5.91 Å². The summed E-state index contributed by atoms with van der Waals surface area (Å²) in [5.74, 6) is 0.661. The molecule has 1 atom stereocenters. The van der Waals surface area contributed by atoms with Crippen LogP contribution in [0.5, 0.6) is 5.75 Å². The summed E-state index contributed by atoms with van der Waals surface area (Å²) in [5, 5.41) is 2.98. The number of nitrogens with one attached hydrogen (secondary N) is 1. The van der Waals surface area contributed by atoms with Crippen LogP contribution in [-0.2, 0) is 4.79 Å². The lowest BCUT2D eigenvalue weighted by Gasteiger charge is -2.17. The van der Waals surface area contributed by atoms with Crippen molar-refractivity contribution in [2.75, 3.05) is 7.11 Å². The van der Waals surface area contributed by atoms with Crippen LogP contribution in [0, 0.1) is 13.8 Å². The Labute approximate surface area is 138 Å². The SMILES string of the molecule is COc1ccc(C)cc1[C@H](C)NC(=O)/C=C/c1cccc(C)c1. The maximum atomic E-state index is 12.1. The fraction of sp³-hybridized carbons (Fsp3) is 0.250. The molecular weight excluding hydrogens is 286 g/mol. The maximum absolute atomic E-state index is 12.1. The molecule has 0 aliphatic heterocycles. The van der Waals surface area contributed by atoms with Crippen molar-refractivity contribution in [1.29, 1.82) is 0 Å². The number of ether oxygens (including phenoxy) is 1. The van der Waals surface area contributed by atoms with Crippen LogP contribution in [0.2, 0.25) is 0 Å². The van der Waals surface area contributed by atoms with Gasteiger partial charge in [-0.1, -0.05) is 47.5 Å². The summed E-state index contributed by atoms with van der Waals surface area (Å²) in [6.07, 6.45) is 3.38. The molecule has 2 rings (SSSR count). The third-order valence-corrected chi connectivity index (χ3v) is 3.68. The molecule has 3 nitrogen and oxygen atoms in total. The summed E-state index contributed by atoms with van der Waals surface area (Å²) in [5.41, 5.74) is 4.30. The van der Waals surface area contributed by atoms with Crippen molar-refractivity contribution in [3.8, 4) is 5.75 Å². The van der Waals surface area contributed by atoms with Crippen molar-refractivity contribution in [1.82, 2.24) is 5.32 Å². The molecule has 2 aromatic carbocycles. The first-order chi connectivity index (χ1) is 11.0. The van der Waals surface area contributed by atoms with E-state index < -0.39 is 0 Å². The van der Waals surface area contributed by atoms with Crippen LogP contribution < -0.4 is 10.1 Å². The number of aryl methyl sites for hydroxylation is 2. The summed E-state index contributed by atoms with van der Waals surface area (Å²) in [7, 11) is 1.64. The third-order valence-electron chi connectivity index (χ3n) is 3.68. The topological polar surface area (TPSA) is 38.3 Å². The Kier molecular flexibility index (Phi) is 5.58. The van der Waals surface area contributed by atoms with E-state index in [9.17, 15) is 4.79 Å². The van der Waals surface area contributed by atoms with Gasteiger partial charge < -0.3 is 10.1 Å². The van der Waals surface area contributed by atoms with Gasteiger partial charge in [-0.2, -0.15) is 0 Å². The highest BCUT2D eigenvalue weighted by Crippen LogP contribution is 2.26. The number of methoxy groups -OCH3 is 1. The van der Waals surface area contributed by atoms with Crippen molar-refractivity contribution < 1.29 is 9.53 Å². The molecule has 0 heterocycles. The molecule has 0 saturated heterocycles. The quantitative estimate of drug-likeness (QED) is 0.841. The number of hydrogen-bond acceptors (Lipinski definition) is 2. The summed E-state index contributed by atoms with van der Waals surface area (Å²) in [4.78, 5) is 12.1. The highest BCUT2D eigenvalue weighted by atomic mass is 16.5. The van der Waals surface area contributed by atoms with Gasteiger partial charge in [0.25, 0.3) is 0 Å². The summed E-state index contributed by atoms with van der Waals surface area (Å²) in [6.45, 7) is 6.01. The average molecular weight is 309 g/mol. The Morgan fingerprint density at radius 1 is 1.13 bits per heavy atom. The second-order valence-corrected chi connectivity index (χ2v) is 5.72. The van der Waals surface area contributed by atoms with E-state index in [0.29, 0.717) is 0 Å². The Bertz CT molecular complexity index is 719.